The lowest BCUT2D eigenvalue weighted by Crippen LogP contribution is -2.22. The van der Waals surface area contributed by atoms with E-state index >= 15 is 0 Å². The topological polar surface area (TPSA) is 80.7 Å². The molecular weight excluding hydrogens is 410 g/mol. The Labute approximate surface area is 193 Å². The third kappa shape index (κ3) is 5.29. The zero-order valence-electron chi connectivity index (χ0n) is 18.3. The minimum absolute atomic E-state index is 0.0326. The van der Waals surface area contributed by atoms with Crippen molar-refractivity contribution in [1.29, 1.82) is 0 Å². The maximum absolute atomic E-state index is 12.2. The van der Waals surface area contributed by atoms with E-state index in [4.69, 9.17) is 4.98 Å². The molecule has 3 heterocycles. The molecule has 0 unspecified atom stereocenters. The van der Waals surface area contributed by atoms with E-state index in [1.165, 1.54) is 0 Å². The molecule has 164 valence electrons. The average molecular weight is 436 g/mol. The summed E-state index contributed by atoms with van der Waals surface area (Å²) in [6.45, 7) is 0.496. The molecule has 3 aromatic heterocycles. The zero-order valence-corrected chi connectivity index (χ0v) is 18.3. The second kappa shape index (κ2) is 9.69. The van der Waals surface area contributed by atoms with Crippen molar-refractivity contribution in [3.05, 3.63) is 96.3 Å². The quantitative estimate of drug-likeness (QED) is 0.433. The highest BCUT2D eigenvalue weighted by Gasteiger charge is 2.27. The van der Waals surface area contributed by atoms with Crippen molar-refractivity contribution in [3.63, 3.8) is 0 Å². The molecule has 0 radical (unpaired) electrons. The third-order valence-electron chi connectivity index (χ3n) is 5.77. The Morgan fingerprint density at radius 2 is 1.79 bits per heavy atom. The first kappa shape index (κ1) is 20.9. The number of carbonyl (C=O) groups is 1. The minimum atomic E-state index is 0.0326. The molecule has 0 atom stereocenters. The van der Waals surface area contributed by atoms with Crippen molar-refractivity contribution in [2.45, 2.75) is 38.1 Å². The maximum atomic E-state index is 12.2. The Morgan fingerprint density at radius 3 is 2.52 bits per heavy atom. The number of amides is 1. The second-order valence-electron chi connectivity index (χ2n) is 8.31. The number of carbonyl (C=O) groups excluding carboxylic acids is 1. The maximum Gasteiger partial charge on any atom is 0.220 e. The summed E-state index contributed by atoms with van der Waals surface area (Å²) in [4.78, 5) is 30.3. The Bertz CT molecular complexity index is 1220. The number of hydrogen-bond donors (Lipinski definition) is 1. The molecule has 0 spiro atoms. The lowest BCUT2D eigenvalue weighted by molar-refractivity contribution is -0.121. The predicted molar refractivity (Wildman–Crippen MR) is 127 cm³/mol. The Kier molecular flexibility index (Phi) is 6.15. The summed E-state index contributed by atoms with van der Waals surface area (Å²) in [5, 5.41) is 3.00. The number of nitrogens with zero attached hydrogens (tertiary/aromatic N) is 4. The molecule has 1 aliphatic rings. The van der Waals surface area contributed by atoms with Crippen LogP contribution in [0.5, 0.6) is 0 Å². The largest absolute Gasteiger partial charge is 0.352 e. The second-order valence-corrected chi connectivity index (χ2v) is 8.31. The van der Waals surface area contributed by atoms with Crippen LogP contribution in [-0.4, -0.2) is 25.8 Å². The van der Waals surface area contributed by atoms with E-state index in [2.05, 4.69) is 32.4 Å². The van der Waals surface area contributed by atoms with E-state index in [1.54, 1.807) is 18.6 Å². The number of aromatic nitrogens is 4. The van der Waals surface area contributed by atoms with Crippen LogP contribution in [0, 0.1) is 0 Å². The summed E-state index contributed by atoms with van der Waals surface area (Å²) < 4.78 is 0. The van der Waals surface area contributed by atoms with Gasteiger partial charge in [0.1, 0.15) is 5.82 Å². The molecule has 1 N–H and O–H groups in total. The summed E-state index contributed by atoms with van der Waals surface area (Å²) in [6, 6.07) is 17.9. The van der Waals surface area contributed by atoms with E-state index in [0.29, 0.717) is 25.3 Å². The highest BCUT2D eigenvalue weighted by atomic mass is 16.1. The van der Waals surface area contributed by atoms with Gasteiger partial charge < -0.3 is 5.32 Å². The number of nitrogens with one attached hydrogen (secondary N) is 1. The van der Waals surface area contributed by atoms with Gasteiger partial charge in [-0.05, 0) is 48.6 Å². The number of hydrogen-bond acceptors (Lipinski definition) is 5. The number of aryl methyl sites for hydroxylation is 1. The Hall–Kier alpha value is -3.93. The highest BCUT2D eigenvalue weighted by Crippen LogP contribution is 2.40. The van der Waals surface area contributed by atoms with E-state index in [-0.39, 0.29) is 5.91 Å². The van der Waals surface area contributed by atoms with E-state index < -0.39 is 0 Å². The Morgan fingerprint density at radius 1 is 0.909 bits per heavy atom. The van der Waals surface area contributed by atoms with Gasteiger partial charge in [-0.3, -0.25) is 14.8 Å². The van der Waals surface area contributed by atoms with Gasteiger partial charge in [-0.2, -0.15) is 0 Å². The molecule has 1 saturated carbocycles. The first-order valence-electron chi connectivity index (χ1n) is 11.3. The van der Waals surface area contributed by atoms with Gasteiger partial charge in [-0.1, -0.05) is 36.4 Å². The summed E-state index contributed by atoms with van der Waals surface area (Å²) >= 11 is 0. The molecule has 4 aromatic rings. The molecule has 6 nitrogen and oxygen atoms in total. The van der Waals surface area contributed by atoms with E-state index in [0.717, 1.165) is 52.3 Å². The van der Waals surface area contributed by atoms with Crippen LogP contribution in [0.4, 0.5) is 0 Å². The fourth-order valence-electron chi connectivity index (χ4n) is 3.74. The average Bonchev–Trinajstić information content (AvgIpc) is 3.73. The van der Waals surface area contributed by atoms with Gasteiger partial charge >= 0.3 is 0 Å². The fourth-order valence-corrected chi connectivity index (χ4v) is 3.74. The van der Waals surface area contributed by atoms with Crippen LogP contribution in [0.25, 0.3) is 22.5 Å². The summed E-state index contributed by atoms with van der Waals surface area (Å²) in [5.41, 5.74) is 5.82. The zero-order chi connectivity index (χ0) is 22.5. The minimum Gasteiger partial charge on any atom is -0.352 e. The highest BCUT2D eigenvalue weighted by molar-refractivity contribution is 5.78. The molecule has 0 bridgehead atoms. The van der Waals surface area contributed by atoms with Gasteiger partial charge in [0.25, 0.3) is 0 Å². The fraction of sp³-hybridized carbons (Fsp3) is 0.222. The van der Waals surface area contributed by atoms with Crippen LogP contribution >= 0.6 is 0 Å². The first-order valence-corrected chi connectivity index (χ1v) is 11.3. The van der Waals surface area contributed by atoms with Crippen molar-refractivity contribution >= 4 is 5.91 Å². The smallest absolute Gasteiger partial charge is 0.220 e. The van der Waals surface area contributed by atoms with Crippen molar-refractivity contribution < 1.29 is 4.79 Å². The van der Waals surface area contributed by atoms with Gasteiger partial charge in [0.2, 0.25) is 5.91 Å². The summed E-state index contributed by atoms with van der Waals surface area (Å²) in [7, 11) is 0. The predicted octanol–water partition coefficient (Wildman–Crippen LogP) is 4.73. The first-order chi connectivity index (χ1) is 16.3. The molecular formula is C27H25N5O. The number of rotatable bonds is 8. The van der Waals surface area contributed by atoms with Crippen LogP contribution in [-0.2, 0) is 17.8 Å². The lowest BCUT2D eigenvalue weighted by Gasteiger charge is -2.11. The normalized spacial score (nSPS) is 13.0. The Balaban J connectivity index is 1.28. The summed E-state index contributed by atoms with van der Waals surface area (Å²) in [6.07, 6.45) is 10.7. The van der Waals surface area contributed by atoms with Crippen LogP contribution in [0.3, 0.4) is 0 Å². The van der Waals surface area contributed by atoms with Crippen LogP contribution in [0.2, 0.25) is 0 Å². The van der Waals surface area contributed by atoms with Crippen molar-refractivity contribution in [1.82, 2.24) is 25.3 Å². The van der Waals surface area contributed by atoms with Crippen LogP contribution < -0.4 is 5.32 Å². The molecule has 0 aliphatic heterocycles. The molecule has 1 aromatic carbocycles. The summed E-state index contributed by atoms with van der Waals surface area (Å²) in [5.74, 6) is 1.42. The molecule has 6 heteroatoms. The molecule has 0 saturated heterocycles. The van der Waals surface area contributed by atoms with Crippen molar-refractivity contribution in [3.8, 4) is 22.5 Å². The van der Waals surface area contributed by atoms with Gasteiger partial charge in [-0.25, -0.2) is 9.97 Å². The molecule has 33 heavy (non-hydrogen) atoms. The van der Waals surface area contributed by atoms with Gasteiger partial charge in [0, 0.05) is 54.8 Å². The monoisotopic (exact) mass is 435 g/mol. The van der Waals surface area contributed by atoms with Crippen LogP contribution in [0.1, 0.15) is 42.1 Å². The van der Waals surface area contributed by atoms with E-state index in [1.807, 2.05) is 48.7 Å². The molecule has 1 aliphatic carbocycles. The van der Waals surface area contributed by atoms with Crippen LogP contribution in [0.15, 0.2) is 79.4 Å². The van der Waals surface area contributed by atoms with Crippen molar-refractivity contribution in [2.24, 2.45) is 0 Å². The SMILES string of the molecule is O=C(CCc1cccnc1)NCc1ccc(-c2nc(C3CC3)ncc2-c2ccccn2)cc1. The number of benzene rings is 1. The van der Waals surface area contributed by atoms with Gasteiger partial charge in [0.05, 0.1) is 11.4 Å². The van der Waals surface area contributed by atoms with Crippen molar-refractivity contribution in [2.75, 3.05) is 0 Å². The molecule has 5 rings (SSSR count). The van der Waals surface area contributed by atoms with Gasteiger partial charge in [0.15, 0.2) is 0 Å². The lowest BCUT2D eigenvalue weighted by atomic mass is 10.0. The molecule has 1 fully saturated rings. The standard InChI is InChI=1S/C27H25N5O/c33-25(13-8-19-4-3-14-28-16-19)30-17-20-6-9-21(10-7-20)26-23(24-5-1-2-15-29-24)18-31-27(32-26)22-11-12-22/h1-7,9-10,14-16,18,22H,8,11-13,17H2,(H,30,33). The van der Waals surface area contributed by atoms with Gasteiger partial charge in [-0.15, -0.1) is 0 Å². The molecule has 1 amide bonds. The number of pyridine rings is 2. The third-order valence-corrected chi connectivity index (χ3v) is 5.77. The van der Waals surface area contributed by atoms with E-state index in [9.17, 15) is 4.79 Å².